The van der Waals surface area contributed by atoms with Crippen molar-refractivity contribution in [1.29, 1.82) is 0 Å². The van der Waals surface area contributed by atoms with Crippen molar-refractivity contribution in [3.8, 4) is 11.5 Å². The van der Waals surface area contributed by atoms with Gasteiger partial charge < -0.3 is 19.1 Å². The Balaban J connectivity index is 1.97. The standard InChI is InChI=1S/C23H35BrN2O5Si/c1-16-11-19-23(28)26(15-30-9-10-32(3,4)5)18-13-21(31-8-6-7-24)20(29-2)12-17(18)22(27)25(19)14-16/h12-13,16,19H,6-11,14-15H2,1-5H3/t16-,19+/m1/s1. The van der Waals surface area contributed by atoms with Crippen molar-refractivity contribution >= 4 is 41.5 Å². The van der Waals surface area contributed by atoms with E-state index in [1.807, 2.05) is 0 Å². The summed E-state index contributed by atoms with van der Waals surface area (Å²) in [5.74, 6) is 1.06. The average molecular weight is 528 g/mol. The topological polar surface area (TPSA) is 68.3 Å². The zero-order chi connectivity index (χ0) is 23.5. The van der Waals surface area contributed by atoms with Crippen LogP contribution in [0.5, 0.6) is 11.5 Å². The molecule has 0 saturated carbocycles. The second-order valence-electron chi connectivity index (χ2n) is 9.84. The number of carbonyl (C=O) groups is 2. The summed E-state index contributed by atoms with van der Waals surface area (Å²) in [6.45, 7) is 10.7. The summed E-state index contributed by atoms with van der Waals surface area (Å²) in [4.78, 5) is 30.4. The lowest BCUT2D eigenvalue weighted by Crippen LogP contribution is -2.45. The molecule has 2 aliphatic heterocycles. The molecule has 2 atom stereocenters. The van der Waals surface area contributed by atoms with Crippen LogP contribution in [0.4, 0.5) is 5.69 Å². The molecule has 0 unspecified atom stereocenters. The maximum absolute atomic E-state index is 13.6. The molecule has 0 aliphatic carbocycles. The Kier molecular flexibility index (Phi) is 8.27. The Morgan fingerprint density at radius 2 is 1.91 bits per heavy atom. The van der Waals surface area contributed by atoms with Crippen LogP contribution in [0.25, 0.3) is 0 Å². The molecular formula is C23H35BrN2O5Si. The van der Waals surface area contributed by atoms with Crippen LogP contribution in [0, 0.1) is 5.92 Å². The predicted octanol–water partition coefficient (Wildman–Crippen LogP) is 4.37. The molecule has 0 radical (unpaired) electrons. The van der Waals surface area contributed by atoms with E-state index < -0.39 is 14.1 Å². The molecule has 0 bridgehead atoms. The summed E-state index contributed by atoms with van der Waals surface area (Å²) in [5.41, 5.74) is 0.984. The van der Waals surface area contributed by atoms with Gasteiger partial charge in [0.05, 0.1) is 25.0 Å². The number of anilines is 1. The lowest BCUT2D eigenvalue weighted by Gasteiger charge is -2.26. The van der Waals surface area contributed by atoms with Gasteiger partial charge in [0.25, 0.3) is 11.8 Å². The molecule has 0 spiro atoms. The number of alkyl halides is 1. The molecule has 0 aromatic heterocycles. The molecule has 2 heterocycles. The minimum absolute atomic E-state index is 0.0916. The number of hydrogen-bond donors (Lipinski definition) is 0. The summed E-state index contributed by atoms with van der Waals surface area (Å²) in [7, 11) is 0.304. The van der Waals surface area contributed by atoms with E-state index in [4.69, 9.17) is 14.2 Å². The summed E-state index contributed by atoms with van der Waals surface area (Å²) < 4.78 is 17.4. The van der Waals surface area contributed by atoms with Gasteiger partial charge in [0.1, 0.15) is 12.8 Å². The number of rotatable bonds is 10. The third-order valence-electron chi connectivity index (χ3n) is 5.88. The van der Waals surface area contributed by atoms with Crippen LogP contribution in [0.2, 0.25) is 25.7 Å². The third-order valence-corrected chi connectivity index (χ3v) is 8.14. The van der Waals surface area contributed by atoms with Gasteiger partial charge in [-0.2, -0.15) is 0 Å². The van der Waals surface area contributed by atoms with Gasteiger partial charge >= 0.3 is 0 Å². The zero-order valence-electron chi connectivity index (χ0n) is 19.8. The van der Waals surface area contributed by atoms with Crippen LogP contribution in [-0.2, 0) is 9.53 Å². The first-order valence-corrected chi connectivity index (χ1v) is 16.1. The summed E-state index contributed by atoms with van der Waals surface area (Å²) in [6, 6.07) is 4.01. The average Bonchev–Trinajstić information content (AvgIpc) is 3.11. The van der Waals surface area contributed by atoms with E-state index in [-0.39, 0.29) is 24.5 Å². The number of fused-ring (bicyclic) bond motifs is 2. The van der Waals surface area contributed by atoms with Crippen molar-refractivity contribution in [1.82, 2.24) is 4.90 Å². The first-order valence-electron chi connectivity index (χ1n) is 11.3. The van der Waals surface area contributed by atoms with Crippen molar-refractivity contribution in [2.45, 2.75) is 51.5 Å². The minimum Gasteiger partial charge on any atom is -0.493 e. The molecule has 32 heavy (non-hydrogen) atoms. The molecule has 0 N–H and O–H groups in total. The van der Waals surface area contributed by atoms with Gasteiger partial charge in [-0.15, -0.1) is 0 Å². The smallest absolute Gasteiger partial charge is 0.256 e. The molecule has 9 heteroatoms. The predicted molar refractivity (Wildman–Crippen MR) is 132 cm³/mol. The zero-order valence-corrected chi connectivity index (χ0v) is 22.4. The van der Waals surface area contributed by atoms with Crippen molar-refractivity contribution in [3.05, 3.63) is 17.7 Å². The fourth-order valence-electron chi connectivity index (χ4n) is 4.08. The van der Waals surface area contributed by atoms with E-state index in [2.05, 4.69) is 42.5 Å². The lowest BCUT2D eigenvalue weighted by atomic mass is 10.1. The van der Waals surface area contributed by atoms with E-state index in [1.54, 1.807) is 29.0 Å². The first kappa shape index (κ1) is 25.0. The van der Waals surface area contributed by atoms with Crippen LogP contribution in [-0.4, -0.2) is 69.8 Å². The number of carbonyl (C=O) groups excluding carboxylic acids is 2. The van der Waals surface area contributed by atoms with Gasteiger partial charge in [-0.3, -0.25) is 14.5 Å². The summed E-state index contributed by atoms with van der Waals surface area (Å²) in [5, 5.41) is 0.823. The van der Waals surface area contributed by atoms with Crippen LogP contribution in [0.15, 0.2) is 12.1 Å². The molecule has 2 amide bonds. The molecule has 1 fully saturated rings. The lowest BCUT2D eigenvalue weighted by molar-refractivity contribution is -0.123. The Morgan fingerprint density at radius 1 is 1.16 bits per heavy atom. The number of hydrogen-bond acceptors (Lipinski definition) is 5. The maximum atomic E-state index is 13.6. The Hall–Kier alpha value is -1.58. The number of nitrogens with zero attached hydrogens (tertiary/aromatic N) is 2. The van der Waals surface area contributed by atoms with Crippen molar-refractivity contribution in [2.24, 2.45) is 5.92 Å². The number of benzene rings is 1. The molecule has 3 rings (SSSR count). The van der Waals surface area contributed by atoms with E-state index in [9.17, 15) is 9.59 Å². The van der Waals surface area contributed by atoms with Crippen LogP contribution in [0.1, 0.15) is 30.1 Å². The van der Waals surface area contributed by atoms with Gasteiger partial charge in [-0.1, -0.05) is 42.5 Å². The Morgan fingerprint density at radius 3 is 2.56 bits per heavy atom. The molecule has 7 nitrogen and oxygen atoms in total. The fourth-order valence-corrected chi connectivity index (χ4v) is 5.06. The Labute approximate surface area is 200 Å². The second kappa shape index (κ2) is 10.6. The van der Waals surface area contributed by atoms with E-state index in [0.717, 1.165) is 17.8 Å². The molecule has 1 saturated heterocycles. The summed E-state index contributed by atoms with van der Waals surface area (Å²) in [6.07, 6.45) is 1.49. The molecule has 2 aliphatic rings. The van der Waals surface area contributed by atoms with Crippen molar-refractivity contribution in [3.63, 3.8) is 0 Å². The second-order valence-corrected chi connectivity index (χ2v) is 16.3. The van der Waals surface area contributed by atoms with Crippen LogP contribution < -0.4 is 14.4 Å². The maximum Gasteiger partial charge on any atom is 0.256 e. The van der Waals surface area contributed by atoms with Gasteiger partial charge in [0, 0.05) is 32.6 Å². The highest BCUT2D eigenvalue weighted by atomic mass is 79.9. The highest BCUT2D eigenvalue weighted by Gasteiger charge is 2.45. The van der Waals surface area contributed by atoms with Gasteiger partial charge in [0.2, 0.25) is 0 Å². The van der Waals surface area contributed by atoms with Crippen LogP contribution >= 0.6 is 15.9 Å². The molecular weight excluding hydrogens is 492 g/mol. The molecule has 1 aromatic carbocycles. The van der Waals surface area contributed by atoms with E-state index >= 15 is 0 Å². The van der Waals surface area contributed by atoms with Gasteiger partial charge in [-0.25, -0.2) is 0 Å². The van der Waals surface area contributed by atoms with Gasteiger partial charge in [-0.05, 0) is 30.9 Å². The number of methoxy groups -OCH3 is 1. The van der Waals surface area contributed by atoms with Crippen molar-refractivity contribution in [2.75, 3.05) is 43.8 Å². The number of halogens is 1. The van der Waals surface area contributed by atoms with Crippen molar-refractivity contribution < 1.29 is 23.8 Å². The fraction of sp³-hybridized carbons (Fsp3) is 0.652. The van der Waals surface area contributed by atoms with E-state index in [0.29, 0.717) is 48.9 Å². The van der Waals surface area contributed by atoms with Crippen LogP contribution in [0.3, 0.4) is 0 Å². The Bertz CT molecular complexity index is 844. The normalized spacial score (nSPS) is 20.8. The monoisotopic (exact) mass is 526 g/mol. The van der Waals surface area contributed by atoms with Gasteiger partial charge in [0.15, 0.2) is 11.5 Å². The third kappa shape index (κ3) is 5.66. The first-order chi connectivity index (χ1) is 15.2. The molecule has 178 valence electrons. The van der Waals surface area contributed by atoms with E-state index in [1.165, 1.54) is 0 Å². The highest BCUT2D eigenvalue weighted by molar-refractivity contribution is 9.09. The summed E-state index contributed by atoms with van der Waals surface area (Å²) >= 11 is 3.41. The quantitative estimate of drug-likeness (QED) is 0.257. The largest absolute Gasteiger partial charge is 0.493 e. The highest BCUT2D eigenvalue weighted by Crippen LogP contribution is 2.40. The number of ether oxygens (including phenoxy) is 3. The number of amides is 2. The minimum atomic E-state index is -1.26. The SMILES string of the molecule is COc1cc2c(cc1OCCCBr)N(COCC[Si](C)(C)C)C(=O)[C@@H]1C[C@@H](C)CN1C2=O. The molecule has 1 aromatic rings.